The molecule has 28 heavy (non-hydrogen) atoms. The minimum Gasteiger partial charge on any atom is -0.497 e. The van der Waals surface area contributed by atoms with E-state index < -0.39 is 6.10 Å². The summed E-state index contributed by atoms with van der Waals surface area (Å²) in [5.41, 5.74) is 0.840. The number of fused-ring (bicyclic) bond motifs is 1. The molecule has 0 aliphatic rings. The molecule has 1 amide bonds. The van der Waals surface area contributed by atoms with Gasteiger partial charge in [-0.05, 0) is 43.5 Å². The number of nitrogens with one attached hydrogen (secondary N) is 1. The first kappa shape index (κ1) is 19.5. The quantitative estimate of drug-likeness (QED) is 0.657. The average Bonchev–Trinajstić information content (AvgIpc) is 2.73. The predicted octanol–water partition coefficient (Wildman–Crippen LogP) is 4.50. The lowest BCUT2D eigenvalue weighted by atomic mass is 10.1. The van der Waals surface area contributed by atoms with Crippen LogP contribution in [-0.4, -0.2) is 26.2 Å². The number of carbonyl (C=O) groups is 1. The van der Waals surface area contributed by atoms with Crippen molar-refractivity contribution in [2.45, 2.75) is 26.0 Å². The van der Waals surface area contributed by atoms with Crippen molar-refractivity contribution in [1.29, 1.82) is 0 Å². The molecule has 0 aliphatic heterocycles. The van der Waals surface area contributed by atoms with Crippen molar-refractivity contribution in [2.75, 3.05) is 14.2 Å². The molecule has 0 spiro atoms. The molecule has 3 rings (SSSR count). The van der Waals surface area contributed by atoms with E-state index in [0.717, 1.165) is 16.3 Å². The second kappa shape index (κ2) is 8.65. The zero-order valence-electron chi connectivity index (χ0n) is 16.6. The van der Waals surface area contributed by atoms with Gasteiger partial charge in [0.05, 0.1) is 20.3 Å². The summed E-state index contributed by atoms with van der Waals surface area (Å²) in [4.78, 5) is 12.7. The molecule has 0 aromatic heterocycles. The fraction of sp³-hybridized carbons (Fsp3) is 0.261. The molecule has 0 fully saturated rings. The summed E-state index contributed by atoms with van der Waals surface area (Å²) in [6.45, 7) is 3.65. The van der Waals surface area contributed by atoms with Crippen LogP contribution in [0.2, 0.25) is 0 Å². The van der Waals surface area contributed by atoms with E-state index in [2.05, 4.69) is 5.32 Å². The smallest absolute Gasteiger partial charge is 0.261 e. The summed E-state index contributed by atoms with van der Waals surface area (Å²) in [6.07, 6.45) is -0.648. The number of rotatable bonds is 7. The van der Waals surface area contributed by atoms with E-state index in [4.69, 9.17) is 14.2 Å². The van der Waals surface area contributed by atoms with E-state index in [1.54, 1.807) is 21.1 Å². The van der Waals surface area contributed by atoms with Gasteiger partial charge in [0.1, 0.15) is 17.2 Å². The second-order valence-electron chi connectivity index (χ2n) is 6.58. The van der Waals surface area contributed by atoms with Gasteiger partial charge in [-0.2, -0.15) is 0 Å². The maximum Gasteiger partial charge on any atom is 0.261 e. The fourth-order valence-corrected chi connectivity index (χ4v) is 3.13. The molecule has 0 saturated carbocycles. The highest BCUT2D eigenvalue weighted by molar-refractivity contribution is 5.89. The Labute approximate surface area is 165 Å². The van der Waals surface area contributed by atoms with Gasteiger partial charge in [-0.15, -0.1) is 0 Å². The minimum atomic E-state index is -0.648. The molecule has 0 aliphatic carbocycles. The molecule has 2 atom stereocenters. The van der Waals surface area contributed by atoms with Crippen LogP contribution in [0.5, 0.6) is 17.2 Å². The third-order valence-corrected chi connectivity index (χ3v) is 4.68. The number of hydrogen-bond donors (Lipinski definition) is 1. The average molecular weight is 379 g/mol. The molecular weight excluding hydrogens is 354 g/mol. The third kappa shape index (κ3) is 4.19. The van der Waals surface area contributed by atoms with Gasteiger partial charge >= 0.3 is 0 Å². The number of benzene rings is 3. The molecule has 5 nitrogen and oxygen atoms in total. The Hall–Kier alpha value is -3.21. The molecule has 3 aromatic carbocycles. The van der Waals surface area contributed by atoms with Crippen molar-refractivity contribution in [3.63, 3.8) is 0 Å². The Balaban J connectivity index is 1.73. The SMILES string of the molecule is COc1ccc(OC)c([C@H](C)NC(=O)[C@@H](C)Oc2cccc3ccccc23)c1. The Bertz CT molecular complexity index is 964. The topological polar surface area (TPSA) is 56.8 Å². The molecule has 0 heterocycles. The van der Waals surface area contributed by atoms with Crippen LogP contribution in [0.15, 0.2) is 60.7 Å². The first-order chi connectivity index (χ1) is 13.5. The van der Waals surface area contributed by atoms with Crippen LogP contribution in [0.3, 0.4) is 0 Å². The van der Waals surface area contributed by atoms with Crippen LogP contribution in [-0.2, 0) is 4.79 Å². The van der Waals surface area contributed by atoms with Gasteiger partial charge in [0.25, 0.3) is 5.91 Å². The summed E-state index contributed by atoms with van der Waals surface area (Å²) in [5, 5.41) is 5.04. The largest absolute Gasteiger partial charge is 0.497 e. The predicted molar refractivity (Wildman–Crippen MR) is 110 cm³/mol. The van der Waals surface area contributed by atoms with E-state index in [9.17, 15) is 4.79 Å². The highest BCUT2D eigenvalue weighted by Gasteiger charge is 2.21. The van der Waals surface area contributed by atoms with E-state index >= 15 is 0 Å². The van der Waals surface area contributed by atoms with Gasteiger partial charge in [0.2, 0.25) is 0 Å². The first-order valence-corrected chi connectivity index (χ1v) is 9.20. The lowest BCUT2D eigenvalue weighted by molar-refractivity contribution is -0.127. The Kier molecular flexibility index (Phi) is 6.04. The number of methoxy groups -OCH3 is 2. The van der Waals surface area contributed by atoms with Crippen molar-refractivity contribution in [1.82, 2.24) is 5.32 Å². The van der Waals surface area contributed by atoms with Gasteiger partial charge in [-0.3, -0.25) is 4.79 Å². The van der Waals surface area contributed by atoms with Crippen LogP contribution >= 0.6 is 0 Å². The van der Waals surface area contributed by atoms with Crippen LogP contribution in [0.1, 0.15) is 25.5 Å². The van der Waals surface area contributed by atoms with Crippen LogP contribution in [0.4, 0.5) is 0 Å². The number of carbonyl (C=O) groups excluding carboxylic acids is 1. The van der Waals surface area contributed by atoms with Crippen molar-refractivity contribution in [2.24, 2.45) is 0 Å². The summed E-state index contributed by atoms with van der Waals surface area (Å²) >= 11 is 0. The number of amides is 1. The first-order valence-electron chi connectivity index (χ1n) is 9.20. The molecule has 0 unspecified atom stereocenters. The van der Waals surface area contributed by atoms with E-state index in [-0.39, 0.29) is 11.9 Å². The van der Waals surface area contributed by atoms with Crippen molar-refractivity contribution >= 4 is 16.7 Å². The lowest BCUT2D eigenvalue weighted by Gasteiger charge is -2.21. The molecule has 3 aromatic rings. The molecule has 0 radical (unpaired) electrons. The van der Waals surface area contributed by atoms with Crippen molar-refractivity contribution in [3.8, 4) is 17.2 Å². The van der Waals surface area contributed by atoms with E-state index in [1.807, 2.05) is 67.6 Å². The standard InChI is InChI=1S/C23H25NO4/c1-15(20-14-18(26-3)12-13-21(20)27-4)24-23(25)16(2)28-22-11-7-9-17-8-5-6-10-19(17)22/h5-16H,1-4H3,(H,24,25)/t15-,16+/m0/s1. The highest BCUT2D eigenvalue weighted by atomic mass is 16.5. The molecule has 146 valence electrons. The normalized spacial score (nSPS) is 12.9. The zero-order chi connectivity index (χ0) is 20.1. The molecular formula is C23H25NO4. The Morgan fingerprint density at radius 1 is 0.893 bits per heavy atom. The van der Waals surface area contributed by atoms with Gasteiger partial charge in [-0.25, -0.2) is 0 Å². The molecule has 0 saturated heterocycles. The summed E-state index contributed by atoms with van der Waals surface area (Å²) in [6, 6.07) is 19.0. The minimum absolute atomic E-state index is 0.203. The molecule has 1 N–H and O–H groups in total. The number of hydrogen-bond acceptors (Lipinski definition) is 4. The molecule has 5 heteroatoms. The fourth-order valence-electron chi connectivity index (χ4n) is 3.13. The summed E-state index contributed by atoms with van der Waals surface area (Å²) in [7, 11) is 3.21. The highest BCUT2D eigenvalue weighted by Crippen LogP contribution is 2.30. The van der Waals surface area contributed by atoms with E-state index in [0.29, 0.717) is 17.2 Å². The zero-order valence-corrected chi connectivity index (χ0v) is 16.6. The van der Waals surface area contributed by atoms with Crippen LogP contribution < -0.4 is 19.5 Å². The monoisotopic (exact) mass is 379 g/mol. The van der Waals surface area contributed by atoms with Gasteiger partial charge in [0, 0.05) is 10.9 Å². The molecule has 0 bridgehead atoms. The Morgan fingerprint density at radius 2 is 1.64 bits per heavy atom. The second-order valence-corrected chi connectivity index (χ2v) is 6.58. The van der Waals surface area contributed by atoms with Crippen LogP contribution in [0.25, 0.3) is 10.8 Å². The number of ether oxygens (including phenoxy) is 3. The van der Waals surface area contributed by atoms with Crippen LogP contribution in [0, 0.1) is 0 Å². The summed E-state index contributed by atoms with van der Waals surface area (Å²) in [5.74, 6) is 1.88. The van der Waals surface area contributed by atoms with Gasteiger partial charge in [0.15, 0.2) is 6.10 Å². The van der Waals surface area contributed by atoms with Gasteiger partial charge < -0.3 is 19.5 Å². The Morgan fingerprint density at radius 3 is 2.39 bits per heavy atom. The van der Waals surface area contributed by atoms with Gasteiger partial charge in [-0.1, -0.05) is 36.4 Å². The maximum absolute atomic E-state index is 12.7. The lowest BCUT2D eigenvalue weighted by Crippen LogP contribution is -2.37. The van der Waals surface area contributed by atoms with E-state index in [1.165, 1.54) is 0 Å². The van der Waals surface area contributed by atoms with Crippen molar-refractivity contribution < 1.29 is 19.0 Å². The summed E-state index contributed by atoms with van der Waals surface area (Å²) < 4.78 is 16.7. The van der Waals surface area contributed by atoms with Crippen molar-refractivity contribution in [3.05, 3.63) is 66.2 Å². The third-order valence-electron chi connectivity index (χ3n) is 4.68. The maximum atomic E-state index is 12.7.